The molecule has 1 N–H and O–H groups in total. The Labute approximate surface area is 147 Å². The van der Waals surface area contributed by atoms with Crippen LogP contribution in [-0.2, 0) is 7.05 Å². The van der Waals surface area contributed by atoms with E-state index >= 15 is 0 Å². The molecule has 0 aliphatic rings. The van der Waals surface area contributed by atoms with Gasteiger partial charge in [-0.25, -0.2) is 4.72 Å². The molecule has 0 spiro atoms. The summed E-state index contributed by atoms with van der Waals surface area (Å²) in [6, 6.07) is 3.67. The van der Waals surface area contributed by atoms with Crippen LogP contribution in [0.5, 0.6) is 0 Å². The number of pyridine rings is 1. The molecule has 1 aromatic heterocycles. The van der Waals surface area contributed by atoms with Crippen LogP contribution in [0.2, 0.25) is 5.02 Å². The van der Waals surface area contributed by atoms with Gasteiger partial charge in [-0.05, 0) is 49.1 Å². The average molecular weight is 377 g/mol. The van der Waals surface area contributed by atoms with Crippen molar-refractivity contribution in [2.75, 3.05) is 0 Å². The number of alkyl halides is 3. The highest BCUT2D eigenvalue weighted by atomic mass is 35.5. The lowest BCUT2D eigenvalue weighted by Gasteiger charge is -2.22. The molecule has 130 valence electrons. The first-order valence-corrected chi connectivity index (χ1v) is 8.22. The highest BCUT2D eigenvalue weighted by Crippen LogP contribution is 2.36. The minimum absolute atomic E-state index is 0.0681. The summed E-state index contributed by atoms with van der Waals surface area (Å²) < 4.78 is 43.9. The molecule has 1 unspecified atom stereocenters. The van der Waals surface area contributed by atoms with E-state index < -0.39 is 12.2 Å². The molecule has 0 saturated heterocycles. The third-order valence-corrected chi connectivity index (χ3v) is 4.94. The van der Waals surface area contributed by atoms with Gasteiger partial charge in [0.05, 0.1) is 0 Å². The predicted molar refractivity (Wildman–Crippen MR) is 90.4 cm³/mol. The summed E-state index contributed by atoms with van der Waals surface area (Å²) in [7, 11) is 1.57. The molecule has 0 bridgehead atoms. The van der Waals surface area contributed by atoms with Crippen molar-refractivity contribution >= 4 is 23.5 Å². The van der Waals surface area contributed by atoms with Crippen LogP contribution in [0, 0.1) is 13.8 Å². The van der Waals surface area contributed by atoms with Gasteiger partial charge in [-0.1, -0.05) is 23.7 Å². The van der Waals surface area contributed by atoms with E-state index in [1.165, 1.54) is 35.0 Å². The zero-order valence-electron chi connectivity index (χ0n) is 13.2. The van der Waals surface area contributed by atoms with Gasteiger partial charge in [-0.15, -0.1) is 0 Å². The van der Waals surface area contributed by atoms with Crippen molar-refractivity contribution in [1.82, 2.24) is 9.29 Å². The quantitative estimate of drug-likeness (QED) is 0.794. The fourth-order valence-electron chi connectivity index (χ4n) is 2.15. The van der Waals surface area contributed by atoms with Crippen LogP contribution in [0.25, 0.3) is 0 Å². The van der Waals surface area contributed by atoms with E-state index in [-0.39, 0.29) is 11.1 Å². The number of aryl methyl sites for hydroxylation is 1. The molecule has 1 aromatic carbocycles. The number of aromatic nitrogens is 1. The fraction of sp³-hybridized carbons (Fsp3) is 0.312. The summed E-state index contributed by atoms with van der Waals surface area (Å²) in [4.78, 5) is 12.4. The monoisotopic (exact) mass is 376 g/mol. The van der Waals surface area contributed by atoms with Crippen molar-refractivity contribution in [1.29, 1.82) is 0 Å². The smallest absolute Gasteiger partial charge is 0.317 e. The van der Waals surface area contributed by atoms with Crippen molar-refractivity contribution < 1.29 is 13.2 Å². The standard InChI is InChI=1S/C16H16ClF3N2OS/c1-9-10(2)15(23)22(3)8-13(9)24-21-14(16(18,19)20)11-4-6-12(17)7-5-11/h4-8,14,21H,1-3H3. The molecule has 24 heavy (non-hydrogen) atoms. The molecule has 0 fully saturated rings. The minimum Gasteiger partial charge on any atom is -0.317 e. The Morgan fingerprint density at radius 1 is 1.17 bits per heavy atom. The second-order valence-corrected chi connectivity index (χ2v) is 6.72. The minimum atomic E-state index is -4.47. The molecule has 2 rings (SSSR count). The van der Waals surface area contributed by atoms with Crippen molar-refractivity contribution in [2.24, 2.45) is 7.05 Å². The van der Waals surface area contributed by atoms with Crippen LogP contribution in [0.1, 0.15) is 22.7 Å². The lowest BCUT2D eigenvalue weighted by atomic mass is 10.1. The van der Waals surface area contributed by atoms with Crippen LogP contribution >= 0.6 is 23.5 Å². The molecule has 8 heteroatoms. The predicted octanol–water partition coefficient (Wildman–Crippen LogP) is 4.56. The normalized spacial score (nSPS) is 13.1. The molecule has 1 atom stereocenters. The summed E-state index contributed by atoms with van der Waals surface area (Å²) in [5.74, 6) is 0. The lowest BCUT2D eigenvalue weighted by molar-refractivity contribution is -0.152. The summed E-state index contributed by atoms with van der Waals surface area (Å²) in [5, 5.41) is 0.372. The van der Waals surface area contributed by atoms with Gasteiger partial charge in [0.2, 0.25) is 0 Å². The summed E-state index contributed by atoms with van der Waals surface area (Å²) in [5.41, 5.74) is 1.08. The van der Waals surface area contributed by atoms with Gasteiger partial charge in [0, 0.05) is 28.7 Å². The molecular formula is C16H16ClF3N2OS. The number of hydrogen-bond donors (Lipinski definition) is 1. The number of benzene rings is 1. The molecule has 1 heterocycles. The Hall–Kier alpha value is -1.44. The Morgan fingerprint density at radius 3 is 2.29 bits per heavy atom. The molecule has 0 saturated carbocycles. The van der Waals surface area contributed by atoms with Crippen LogP contribution in [0.15, 0.2) is 40.2 Å². The van der Waals surface area contributed by atoms with Gasteiger partial charge in [0.1, 0.15) is 6.04 Å². The molecule has 0 radical (unpaired) electrons. The SMILES string of the molecule is Cc1c(SNC(c2ccc(Cl)cc2)C(F)(F)F)cn(C)c(=O)c1C. The maximum absolute atomic E-state index is 13.4. The van der Waals surface area contributed by atoms with E-state index in [4.69, 9.17) is 11.6 Å². The zero-order valence-corrected chi connectivity index (χ0v) is 14.8. The second-order valence-electron chi connectivity index (χ2n) is 5.41. The first-order valence-electron chi connectivity index (χ1n) is 7.02. The number of rotatable bonds is 4. The Morgan fingerprint density at radius 2 is 1.75 bits per heavy atom. The van der Waals surface area contributed by atoms with Gasteiger partial charge in [0.25, 0.3) is 5.56 Å². The second kappa shape index (κ2) is 7.21. The molecular weight excluding hydrogens is 361 g/mol. The van der Waals surface area contributed by atoms with Crippen LogP contribution < -0.4 is 10.3 Å². The Kier molecular flexibility index (Phi) is 5.67. The topological polar surface area (TPSA) is 34.0 Å². The summed E-state index contributed by atoms with van der Waals surface area (Å²) >= 11 is 6.59. The van der Waals surface area contributed by atoms with Gasteiger partial charge in [-0.2, -0.15) is 13.2 Å². The zero-order chi connectivity index (χ0) is 18.1. The number of nitrogens with zero attached hydrogens (tertiary/aromatic N) is 1. The Balaban J connectivity index is 2.30. The van der Waals surface area contributed by atoms with Gasteiger partial charge < -0.3 is 4.57 Å². The number of hydrogen-bond acceptors (Lipinski definition) is 3. The van der Waals surface area contributed by atoms with E-state index in [1.807, 2.05) is 0 Å². The van der Waals surface area contributed by atoms with Crippen molar-refractivity contribution in [3.05, 3.63) is 62.5 Å². The fourth-order valence-corrected chi connectivity index (χ4v) is 3.30. The van der Waals surface area contributed by atoms with Crippen molar-refractivity contribution in [2.45, 2.75) is 31.0 Å². The maximum Gasteiger partial charge on any atom is 0.408 e. The van der Waals surface area contributed by atoms with Gasteiger partial charge in [-0.3, -0.25) is 4.79 Å². The van der Waals surface area contributed by atoms with Crippen molar-refractivity contribution in [3.8, 4) is 0 Å². The molecule has 3 nitrogen and oxygen atoms in total. The average Bonchev–Trinajstić information content (AvgIpc) is 2.50. The van der Waals surface area contributed by atoms with Crippen LogP contribution in [-0.4, -0.2) is 10.7 Å². The van der Waals surface area contributed by atoms with E-state index in [2.05, 4.69) is 4.72 Å². The third kappa shape index (κ3) is 4.15. The van der Waals surface area contributed by atoms with Crippen LogP contribution in [0.4, 0.5) is 13.2 Å². The van der Waals surface area contributed by atoms with E-state index in [0.717, 1.165) is 11.9 Å². The van der Waals surface area contributed by atoms with Gasteiger partial charge >= 0.3 is 6.18 Å². The summed E-state index contributed by atoms with van der Waals surface area (Å²) in [6.07, 6.45) is -2.94. The first kappa shape index (κ1) is 18.9. The highest BCUT2D eigenvalue weighted by Gasteiger charge is 2.41. The largest absolute Gasteiger partial charge is 0.408 e. The molecule has 0 amide bonds. The number of halogens is 4. The molecule has 0 aliphatic carbocycles. The van der Waals surface area contributed by atoms with E-state index in [1.54, 1.807) is 20.9 Å². The Bertz CT molecular complexity index is 788. The maximum atomic E-state index is 13.4. The summed E-state index contributed by atoms with van der Waals surface area (Å²) in [6.45, 7) is 3.37. The van der Waals surface area contributed by atoms with E-state index in [9.17, 15) is 18.0 Å². The third-order valence-electron chi connectivity index (χ3n) is 3.70. The molecule has 2 aromatic rings. The lowest BCUT2D eigenvalue weighted by Crippen LogP contribution is -2.30. The van der Waals surface area contributed by atoms with Gasteiger partial charge in [0.15, 0.2) is 0 Å². The molecule has 0 aliphatic heterocycles. The number of nitrogens with one attached hydrogen (secondary N) is 1. The van der Waals surface area contributed by atoms with E-state index in [0.29, 0.717) is 21.0 Å². The highest BCUT2D eigenvalue weighted by molar-refractivity contribution is 7.97. The van der Waals surface area contributed by atoms with Crippen molar-refractivity contribution in [3.63, 3.8) is 0 Å². The first-order chi connectivity index (χ1) is 11.1. The van der Waals surface area contributed by atoms with Crippen LogP contribution in [0.3, 0.4) is 0 Å².